The maximum atomic E-state index is 11.3. The van der Waals surface area contributed by atoms with Crippen molar-refractivity contribution in [1.82, 2.24) is 15.3 Å². The lowest BCUT2D eigenvalue weighted by molar-refractivity contribution is -0.117. The molecule has 0 saturated heterocycles. The van der Waals surface area contributed by atoms with Crippen molar-refractivity contribution in [3.8, 4) is 0 Å². The summed E-state index contributed by atoms with van der Waals surface area (Å²) < 4.78 is 0. The quantitative estimate of drug-likeness (QED) is 0.584. The molecule has 1 aromatic heterocycles. The first-order chi connectivity index (χ1) is 7.54. The third-order valence-electron chi connectivity index (χ3n) is 2.18. The van der Waals surface area contributed by atoms with Crippen LogP contribution in [0.25, 0.3) is 0 Å². The number of H-pyrrole nitrogens is 1. The molecule has 0 spiro atoms. The van der Waals surface area contributed by atoms with Crippen molar-refractivity contribution < 1.29 is 4.79 Å². The second-order valence-corrected chi connectivity index (χ2v) is 3.71. The number of carbonyl (C=O) groups is 1. The van der Waals surface area contributed by atoms with Crippen LogP contribution in [0.1, 0.15) is 24.1 Å². The summed E-state index contributed by atoms with van der Waals surface area (Å²) in [6.45, 7) is 11.3. The van der Waals surface area contributed by atoms with E-state index in [4.69, 9.17) is 0 Å². The zero-order valence-electron chi connectivity index (χ0n) is 9.76. The van der Waals surface area contributed by atoms with Crippen LogP contribution in [-0.2, 0) is 17.8 Å². The Morgan fingerprint density at radius 2 is 2.31 bits per heavy atom. The van der Waals surface area contributed by atoms with Crippen LogP contribution >= 0.6 is 0 Å². The van der Waals surface area contributed by atoms with E-state index < -0.39 is 0 Å². The van der Waals surface area contributed by atoms with Gasteiger partial charge in [-0.05, 0) is 13.8 Å². The van der Waals surface area contributed by atoms with Crippen LogP contribution in [-0.4, -0.2) is 15.9 Å². The Hall–Kier alpha value is -1.84. The summed E-state index contributed by atoms with van der Waals surface area (Å²) in [5.41, 5.74) is 2.32. The van der Waals surface area contributed by atoms with Gasteiger partial charge in [0, 0.05) is 17.7 Å². The van der Waals surface area contributed by atoms with Gasteiger partial charge in [0.15, 0.2) is 0 Å². The number of allylic oxidation sites excluding steroid dienone is 1. The minimum absolute atomic E-state index is 0.146. The molecule has 0 aliphatic carbocycles. The highest BCUT2D eigenvalue weighted by molar-refractivity contribution is 5.91. The Bertz CT molecular complexity index is 418. The maximum absolute atomic E-state index is 11.3. The number of nitrogens with zero attached hydrogens (tertiary/aromatic N) is 1. The highest BCUT2D eigenvalue weighted by Crippen LogP contribution is 2.05. The third-order valence-corrected chi connectivity index (χ3v) is 2.18. The van der Waals surface area contributed by atoms with E-state index in [0.717, 1.165) is 17.2 Å². The van der Waals surface area contributed by atoms with Crippen molar-refractivity contribution in [2.45, 2.75) is 26.8 Å². The molecule has 0 radical (unpaired) electrons. The molecule has 0 fully saturated rings. The number of imidazole rings is 1. The summed E-state index contributed by atoms with van der Waals surface area (Å²) >= 11 is 0. The third kappa shape index (κ3) is 3.08. The van der Waals surface area contributed by atoms with E-state index in [1.165, 1.54) is 0 Å². The maximum Gasteiger partial charge on any atom is 0.246 e. The van der Waals surface area contributed by atoms with Crippen molar-refractivity contribution in [2.75, 3.05) is 0 Å². The van der Waals surface area contributed by atoms with E-state index >= 15 is 0 Å². The normalized spacial score (nSPS) is 9.88. The lowest BCUT2D eigenvalue weighted by Crippen LogP contribution is -2.23. The number of aromatic nitrogens is 2. The largest absolute Gasteiger partial charge is 0.347 e. The van der Waals surface area contributed by atoms with Crippen molar-refractivity contribution >= 4 is 5.91 Å². The molecule has 16 heavy (non-hydrogen) atoms. The average molecular weight is 219 g/mol. The number of nitrogens with one attached hydrogen (secondary N) is 2. The van der Waals surface area contributed by atoms with Crippen LogP contribution in [0.5, 0.6) is 0 Å². The fraction of sp³-hybridized carbons (Fsp3) is 0.333. The molecule has 1 amide bonds. The molecule has 2 N–H and O–H groups in total. The smallest absolute Gasteiger partial charge is 0.246 e. The number of carbonyl (C=O) groups excluding carboxylic acids is 1. The van der Waals surface area contributed by atoms with Crippen molar-refractivity contribution in [2.24, 2.45) is 0 Å². The number of aryl methyl sites for hydroxylation is 1. The zero-order chi connectivity index (χ0) is 12.1. The second-order valence-electron chi connectivity index (χ2n) is 3.71. The summed E-state index contributed by atoms with van der Waals surface area (Å²) in [6, 6.07) is 0. The molecule has 4 heteroatoms. The lowest BCUT2D eigenvalue weighted by Gasteiger charge is -2.02. The van der Waals surface area contributed by atoms with Gasteiger partial charge in [-0.15, -0.1) is 6.58 Å². The molecule has 4 nitrogen and oxygen atoms in total. The van der Waals surface area contributed by atoms with Crippen LogP contribution in [0.15, 0.2) is 24.8 Å². The fourth-order valence-electron chi connectivity index (χ4n) is 1.28. The number of hydrogen-bond acceptors (Lipinski definition) is 2. The molecule has 1 aromatic rings. The van der Waals surface area contributed by atoms with Gasteiger partial charge in [0.05, 0.1) is 12.2 Å². The number of hydrogen-bond donors (Lipinski definition) is 2. The predicted molar refractivity (Wildman–Crippen MR) is 63.9 cm³/mol. The molecule has 0 aliphatic rings. The monoisotopic (exact) mass is 219 g/mol. The minimum Gasteiger partial charge on any atom is -0.347 e. The van der Waals surface area contributed by atoms with Gasteiger partial charge in [-0.25, -0.2) is 4.98 Å². The first-order valence-electron chi connectivity index (χ1n) is 5.13. The molecular weight excluding hydrogens is 202 g/mol. The Morgan fingerprint density at radius 1 is 1.62 bits per heavy atom. The molecule has 0 aliphatic heterocycles. The van der Waals surface area contributed by atoms with E-state index in [2.05, 4.69) is 28.4 Å². The van der Waals surface area contributed by atoms with E-state index in [9.17, 15) is 4.79 Å². The minimum atomic E-state index is -0.146. The number of rotatable bonds is 5. The van der Waals surface area contributed by atoms with Crippen LogP contribution in [0.2, 0.25) is 0 Å². The molecular formula is C12H17N3O. The van der Waals surface area contributed by atoms with Gasteiger partial charge in [-0.3, -0.25) is 4.79 Å². The molecule has 0 bridgehead atoms. The zero-order valence-corrected chi connectivity index (χ0v) is 9.76. The van der Waals surface area contributed by atoms with Crippen molar-refractivity contribution in [3.05, 3.63) is 42.0 Å². The van der Waals surface area contributed by atoms with Gasteiger partial charge < -0.3 is 10.3 Å². The summed E-state index contributed by atoms with van der Waals surface area (Å²) in [6.07, 6.45) is 2.49. The Kier molecular flexibility index (Phi) is 4.05. The van der Waals surface area contributed by atoms with E-state index in [1.54, 1.807) is 13.0 Å². The van der Waals surface area contributed by atoms with Crippen molar-refractivity contribution in [1.29, 1.82) is 0 Å². The van der Waals surface area contributed by atoms with Gasteiger partial charge in [0.2, 0.25) is 5.91 Å². The highest BCUT2D eigenvalue weighted by Gasteiger charge is 2.07. The summed E-state index contributed by atoms with van der Waals surface area (Å²) in [4.78, 5) is 18.8. The van der Waals surface area contributed by atoms with Gasteiger partial charge in [0.25, 0.3) is 0 Å². The first-order valence-corrected chi connectivity index (χ1v) is 5.13. The number of aromatic amines is 1. The standard InChI is InChI=1S/C12H17N3O/c1-5-6-11-14-9(4)10(15-11)7-13-12(16)8(2)3/h5H,1-2,6-7H2,3-4H3,(H,13,16)(H,14,15). The molecule has 1 rings (SSSR count). The van der Waals surface area contributed by atoms with Gasteiger partial charge in [-0.2, -0.15) is 0 Å². The van der Waals surface area contributed by atoms with Gasteiger partial charge in [-0.1, -0.05) is 12.7 Å². The topological polar surface area (TPSA) is 57.8 Å². The molecule has 0 aromatic carbocycles. The van der Waals surface area contributed by atoms with Gasteiger partial charge in [0.1, 0.15) is 5.82 Å². The second kappa shape index (κ2) is 5.30. The van der Waals surface area contributed by atoms with Crippen LogP contribution < -0.4 is 5.32 Å². The molecule has 0 atom stereocenters. The predicted octanol–water partition coefficient (Wildman–Crippen LogP) is 1.64. The molecule has 86 valence electrons. The Morgan fingerprint density at radius 3 is 2.88 bits per heavy atom. The average Bonchev–Trinajstić information content (AvgIpc) is 2.56. The Labute approximate surface area is 95.5 Å². The van der Waals surface area contributed by atoms with Crippen LogP contribution in [0.3, 0.4) is 0 Å². The summed E-state index contributed by atoms with van der Waals surface area (Å²) in [5.74, 6) is 0.722. The van der Waals surface area contributed by atoms with Crippen LogP contribution in [0, 0.1) is 6.92 Å². The van der Waals surface area contributed by atoms with E-state index in [-0.39, 0.29) is 5.91 Å². The van der Waals surface area contributed by atoms with E-state index in [1.807, 2.05) is 6.92 Å². The SMILES string of the molecule is C=CCc1nc(CNC(=O)C(=C)C)c(C)[nH]1. The summed E-state index contributed by atoms with van der Waals surface area (Å²) in [5, 5.41) is 2.75. The number of amides is 1. The van der Waals surface area contributed by atoms with Crippen molar-refractivity contribution in [3.63, 3.8) is 0 Å². The van der Waals surface area contributed by atoms with Gasteiger partial charge >= 0.3 is 0 Å². The van der Waals surface area contributed by atoms with E-state index in [0.29, 0.717) is 18.5 Å². The fourth-order valence-corrected chi connectivity index (χ4v) is 1.28. The summed E-state index contributed by atoms with van der Waals surface area (Å²) in [7, 11) is 0. The molecule has 1 heterocycles. The lowest BCUT2D eigenvalue weighted by atomic mass is 10.3. The highest BCUT2D eigenvalue weighted by atomic mass is 16.1. The Balaban J connectivity index is 2.63. The van der Waals surface area contributed by atoms with Crippen LogP contribution in [0.4, 0.5) is 0 Å². The molecule has 0 saturated carbocycles. The first kappa shape index (κ1) is 12.2. The molecule has 0 unspecified atom stereocenters.